The van der Waals surface area contributed by atoms with E-state index in [0.717, 1.165) is 12.8 Å². The Morgan fingerprint density at radius 1 is 1.21 bits per heavy atom. The summed E-state index contributed by atoms with van der Waals surface area (Å²) in [5.41, 5.74) is 6.31. The molecule has 0 spiro atoms. The molecule has 0 heterocycles. The predicted molar refractivity (Wildman–Crippen MR) is 57.7 cm³/mol. The van der Waals surface area contributed by atoms with E-state index < -0.39 is 0 Å². The Morgan fingerprint density at radius 3 is 2.57 bits per heavy atom. The fraction of sp³-hybridized carbons (Fsp3) is 0.250. The minimum absolute atomic E-state index is 0.277. The van der Waals surface area contributed by atoms with Gasteiger partial charge in [-0.2, -0.15) is 0 Å². The zero-order chi connectivity index (χ0) is 10.2. The molecule has 0 aromatic heterocycles. The quantitative estimate of drug-likeness (QED) is 0.708. The van der Waals surface area contributed by atoms with Crippen LogP contribution in [0.1, 0.15) is 18.4 Å². The molecule has 0 aliphatic rings. The minimum Gasteiger partial charge on any atom is -0.369 e. The number of rotatable bonds is 5. The number of allylic oxidation sites excluding steroid dienone is 1. The standard InChI is InChI=1S/C12H15NO/c13-12(14)10-6-2-5-9-11-7-3-1-4-8-11/h1-4,6-8H,5,9-10H2,(H2,13,14). The van der Waals surface area contributed by atoms with E-state index in [4.69, 9.17) is 5.73 Å². The number of amides is 1. The molecule has 1 amide bonds. The van der Waals surface area contributed by atoms with Crippen LogP contribution in [0.25, 0.3) is 0 Å². The summed E-state index contributed by atoms with van der Waals surface area (Å²) >= 11 is 0. The molecule has 0 saturated heterocycles. The summed E-state index contributed by atoms with van der Waals surface area (Å²) in [6.07, 6.45) is 6.13. The van der Waals surface area contributed by atoms with Gasteiger partial charge >= 0.3 is 0 Å². The lowest BCUT2D eigenvalue weighted by atomic mass is 10.1. The Hall–Kier alpha value is -1.57. The van der Waals surface area contributed by atoms with Gasteiger partial charge in [-0.3, -0.25) is 4.79 Å². The first kappa shape index (κ1) is 10.5. The zero-order valence-corrected chi connectivity index (χ0v) is 8.15. The Kier molecular flexibility index (Phi) is 4.48. The molecule has 2 nitrogen and oxygen atoms in total. The van der Waals surface area contributed by atoms with Gasteiger partial charge in [0.05, 0.1) is 0 Å². The lowest BCUT2D eigenvalue weighted by molar-refractivity contribution is -0.117. The van der Waals surface area contributed by atoms with Gasteiger partial charge < -0.3 is 5.73 Å². The average molecular weight is 189 g/mol. The average Bonchev–Trinajstić information content (AvgIpc) is 2.18. The number of nitrogens with two attached hydrogens (primary N) is 1. The molecule has 0 atom stereocenters. The van der Waals surface area contributed by atoms with Crippen LogP contribution in [-0.2, 0) is 11.2 Å². The monoisotopic (exact) mass is 189 g/mol. The van der Waals surface area contributed by atoms with Gasteiger partial charge in [0.25, 0.3) is 0 Å². The number of carbonyl (C=O) groups excluding carboxylic acids is 1. The van der Waals surface area contributed by atoms with Crippen LogP contribution in [-0.4, -0.2) is 5.91 Å². The normalized spacial score (nSPS) is 10.6. The van der Waals surface area contributed by atoms with Crippen LogP contribution >= 0.6 is 0 Å². The number of aryl methyl sites for hydroxylation is 1. The van der Waals surface area contributed by atoms with Crippen LogP contribution in [0.4, 0.5) is 0 Å². The number of carbonyl (C=O) groups is 1. The largest absolute Gasteiger partial charge is 0.369 e. The van der Waals surface area contributed by atoms with E-state index in [1.807, 2.05) is 30.4 Å². The van der Waals surface area contributed by atoms with Gasteiger partial charge in [-0.15, -0.1) is 0 Å². The molecule has 0 aliphatic carbocycles. The van der Waals surface area contributed by atoms with Gasteiger partial charge in [-0.05, 0) is 18.4 Å². The van der Waals surface area contributed by atoms with E-state index in [2.05, 4.69) is 12.1 Å². The fourth-order valence-electron chi connectivity index (χ4n) is 1.21. The zero-order valence-electron chi connectivity index (χ0n) is 8.15. The van der Waals surface area contributed by atoms with Crippen LogP contribution in [0.2, 0.25) is 0 Å². The third-order valence-electron chi connectivity index (χ3n) is 1.93. The molecule has 2 heteroatoms. The van der Waals surface area contributed by atoms with Crippen molar-refractivity contribution in [2.24, 2.45) is 5.73 Å². The summed E-state index contributed by atoms with van der Waals surface area (Å²) in [5.74, 6) is -0.277. The maximum absolute atomic E-state index is 10.4. The number of hydrogen-bond acceptors (Lipinski definition) is 1. The van der Waals surface area contributed by atoms with Gasteiger partial charge in [0.15, 0.2) is 0 Å². The smallest absolute Gasteiger partial charge is 0.221 e. The van der Waals surface area contributed by atoms with Gasteiger partial charge in [0, 0.05) is 6.42 Å². The first-order valence-corrected chi connectivity index (χ1v) is 4.76. The molecule has 0 unspecified atom stereocenters. The highest BCUT2D eigenvalue weighted by atomic mass is 16.1. The van der Waals surface area contributed by atoms with Crippen molar-refractivity contribution < 1.29 is 4.79 Å². The first-order valence-electron chi connectivity index (χ1n) is 4.76. The van der Waals surface area contributed by atoms with Crippen LogP contribution in [0.3, 0.4) is 0 Å². The van der Waals surface area contributed by atoms with Crippen LogP contribution < -0.4 is 5.73 Å². The molecule has 2 N–H and O–H groups in total. The second kappa shape index (κ2) is 5.97. The van der Waals surface area contributed by atoms with Crippen molar-refractivity contribution in [3.63, 3.8) is 0 Å². The van der Waals surface area contributed by atoms with E-state index in [0.29, 0.717) is 6.42 Å². The third kappa shape index (κ3) is 4.45. The number of primary amides is 1. The first-order chi connectivity index (χ1) is 6.79. The van der Waals surface area contributed by atoms with E-state index in [1.165, 1.54) is 5.56 Å². The molecule has 1 aromatic carbocycles. The van der Waals surface area contributed by atoms with Gasteiger partial charge in [-0.25, -0.2) is 0 Å². The van der Waals surface area contributed by atoms with E-state index in [9.17, 15) is 4.79 Å². The molecule has 1 rings (SSSR count). The second-order valence-corrected chi connectivity index (χ2v) is 3.17. The minimum atomic E-state index is -0.277. The summed E-state index contributed by atoms with van der Waals surface area (Å²) < 4.78 is 0. The van der Waals surface area contributed by atoms with Crippen molar-refractivity contribution >= 4 is 5.91 Å². The van der Waals surface area contributed by atoms with Gasteiger partial charge in [0.2, 0.25) is 5.91 Å². The molecular weight excluding hydrogens is 174 g/mol. The lowest BCUT2D eigenvalue weighted by Gasteiger charge is -1.95. The van der Waals surface area contributed by atoms with E-state index >= 15 is 0 Å². The molecule has 0 saturated carbocycles. The number of benzene rings is 1. The summed E-state index contributed by atoms with van der Waals surface area (Å²) in [6.45, 7) is 0. The van der Waals surface area contributed by atoms with Gasteiger partial charge in [-0.1, -0.05) is 42.5 Å². The SMILES string of the molecule is NC(=O)CC=CCCc1ccccc1. The summed E-state index contributed by atoms with van der Waals surface area (Å²) in [4.78, 5) is 10.4. The Morgan fingerprint density at radius 2 is 1.93 bits per heavy atom. The summed E-state index contributed by atoms with van der Waals surface area (Å²) in [7, 11) is 0. The van der Waals surface area contributed by atoms with E-state index in [-0.39, 0.29) is 5.91 Å². The van der Waals surface area contributed by atoms with Crippen molar-refractivity contribution in [3.05, 3.63) is 48.0 Å². The Balaban J connectivity index is 2.22. The van der Waals surface area contributed by atoms with Gasteiger partial charge in [0.1, 0.15) is 0 Å². The van der Waals surface area contributed by atoms with Crippen molar-refractivity contribution in [1.29, 1.82) is 0 Å². The molecule has 14 heavy (non-hydrogen) atoms. The Bertz CT molecular complexity index is 303. The van der Waals surface area contributed by atoms with Crippen molar-refractivity contribution in [2.75, 3.05) is 0 Å². The lowest BCUT2D eigenvalue weighted by Crippen LogP contribution is -2.07. The highest BCUT2D eigenvalue weighted by Crippen LogP contribution is 2.02. The third-order valence-corrected chi connectivity index (χ3v) is 1.93. The molecule has 74 valence electrons. The highest BCUT2D eigenvalue weighted by molar-refractivity contribution is 5.75. The summed E-state index contributed by atoms with van der Waals surface area (Å²) in [5, 5.41) is 0. The van der Waals surface area contributed by atoms with Crippen molar-refractivity contribution in [2.45, 2.75) is 19.3 Å². The molecule has 0 aliphatic heterocycles. The number of hydrogen-bond donors (Lipinski definition) is 1. The fourth-order valence-corrected chi connectivity index (χ4v) is 1.21. The van der Waals surface area contributed by atoms with Crippen LogP contribution in [0, 0.1) is 0 Å². The second-order valence-electron chi connectivity index (χ2n) is 3.17. The molecule has 0 bridgehead atoms. The maximum Gasteiger partial charge on any atom is 0.221 e. The topological polar surface area (TPSA) is 43.1 Å². The van der Waals surface area contributed by atoms with Crippen LogP contribution in [0.15, 0.2) is 42.5 Å². The van der Waals surface area contributed by atoms with Crippen molar-refractivity contribution in [1.82, 2.24) is 0 Å². The molecule has 1 aromatic rings. The predicted octanol–water partition coefficient (Wildman–Crippen LogP) is 2.05. The Labute approximate surface area is 84.4 Å². The highest BCUT2D eigenvalue weighted by Gasteiger charge is 1.89. The summed E-state index contributed by atoms with van der Waals surface area (Å²) in [6, 6.07) is 10.3. The van der Waals surface area contributed by atoms with E-state index in [1.54, 1.807) is 0 Å². The molecular formula is C12H15NO. The maximum atomic E-state index is 10.4. The van der Waals surface area contributed by atoms with Crippen LogP contribution in [0.5, 0.6) is 0 Å². The van der Waals surface area contributed by atoms with Crippen molar-refractivity contribution in [3.8, 4) is 0 Å². The molecule has 0 fully saturated rings. The molecule has 0 radical (unpaired) electrons.